The zero-order chi connectivity index (χ0) is 25.4. The van der Waals surface area contributed by atoms with Crippen LogP contribution >= 0.6 is 0 Å². The summed E-state index contributed by atoms with van der Waals surface area (Å²) < 4.78 is 0. The Morgan fingerprint density at radius 1 is 0.971 bits per heavy atom. The Bertz CT molecular complexity index is 811. The fourth-order valence-electron chi connectivity index (χ4n) is 5.69. The van der Waals surface area contributed by atoms with E-state index >= 15 is 0 Å². The van der Waals surface area contributed by atoms with Gasteiger partial charge in [0, 0.05) is 5.54 Å². The lowest BCUT2D eigenvalue weighted by molar-refractivity contribution is 0.193. The Labute approximate surface area is 211 Å². The van der Waals surface area contributed by atoms with Gasteiger partial charge in [-0.25, -0.2) is 0 Å². The first-order chi connectivity index (χ1) is 16.5. The molecule has 0 unspecified atom stereocenters. The third-order valence-electron chi connectivity index (χ3n) is 7.61. The highest BCUT2D eigenvalue weighted by atomic mass is 15.0. The van der Waals surface area contributed by atoms with Crippen LogP contribution in [0, 0.1) is 11.8 Å². The Kier molecular flexibility index (Phi) is 14.5. The quantitative estimate of drug-likeness (QED) is 0.380. The van der Waals surface area contributed by atoms with Gasteiger partial charge < -0.3 is 5.32 Å². The van der Waals surface area contributed by atoms with E-state index in [2.05, 4.69) is 109 Å². The van der Waals surface area contributed by atoms with Crippen molar-refractivity contribution in [3.05, 3.63) is 90.6 Å². The van der Waals surface area contributed by atoms with E-state index in [1.807, 2.05) is 0 Å². The first-order valence-corrected chi connectivity index (χ1v) is 13.5. The minimum atomic E-state index is 0.342. The first kappa shape index (κ1) is 29.9. The summed E-state index contributed by atoms with van der Waals surface area (Å²) in [4.78, 5) is 0. The number of hydrogen-bond acceptors (Lipinski definition) is 1. The molecule has 34 heavy (non-hydrogen) atoms. The average Bonchev–Trinajstić information content (AvgIpc) is 3.12. The highest BCUT2D eigenvalue weighted by Crippen LogP contribution is 2.48. The van der Waals surface area contributed by atoms with Crippen LogP contribution in [0.4, 0.5) is 0 Å². The van der Waals surface area contributed by atoms with Crippen LogP contribution in [-0.2, 0) is 12.8 Å². The van der Waals surface area contributed by atoms with Crippen LogP contribution in [0.15, 0.2) is 73.9 Å². The van der Waals surface area contributed by atoms with Gasteiger partial charge in [0.15, 0.2) is 0 Å². The molecule has 0 saturated heterocycles. The van der Waals surface area contributed by atoms with Crippen molar-refractivity contribution in [1.29, 1.82) is 0 Å². The molecular formula is C33H51N. The van der Waals surface area contributed by atoms with Crippen LogP contribution in [0.5, 0.6) is 0 Å². The Hall–Kier alpha value is -2.12. The molecule has 2 aliphatic rings. The number of hydrogen-bond donors (Lipinski definition) is 1. The van der Waals surface area contributed by atoms with Crippen LogP contribution in [0.25, 0.3) is 5.57 Å². The Balaban J connectivity index is 0.000000550. The monoisotopic (exact) mass is 461 g/mol. The molecule has 188 valence electrons. The maximum absolute atomic E-state index is 3.76. The van der Waals surface area contributed by atoms with Crippen molar-refractivity contribution in [3.63, 3.8) is 0 Å². The Morgan fingerprint density at radius 3 is 2.03 bits per heavy atom. The van der Waals surface area contributed by atoms with Gasteiger partial charge in [-0.3, -0.25) is 0 Å². The summed E-state index contributed by atoms with van der Waals surface area (Å²) in [6.45, 7) is 17.7. The number of rotatable bonds is 8. The summed E-state index contributed by atoms with van der Waals surface area (Å²) in [6.07, 6.45) is 24.5. The molecule has 1 nitrogen and oxygen atoms in total. The van der Waals surface area contributed by atoms with Crippen LogP contribution in [0.2, 0.25) is 0 Å². The van der Waals surface area contributed by atoms with Crippen LogP contribution in [0.1, 0.15) is 89.8 Å². The zero-order valence-electron chi connectivity index (χ0n) is 23.0. The summed E-state index contributed by atoms with van der Waals surface area (Å²) in [6, 6.07) is 7.18. The van der Waals surface area contributed by atoms with E-state index < -0.39 is 0 Å². The van der Waals surface area contributed by atoms with Crippen LogP contribution < -0.4 is 5.32 Å². The van der Waals surface area contributed by atoms with E-state index in [9.17, 15) is 0 Å². The predicted molar refractivity (Wildman–Crippen MR) is 155 cm³/mol. The van der Waals surface area contributed by atoms with Gasteiger partial charge in [-0.1, -0.05) is 114 Å². The molecule has 0 aliphatic heterocycles. The number of allylic oxidation sites excluding steroid dienone is 8. The van der Waals surface area contributed by atoms with Gasteiger partial charge in [-0.05, 0) is 87.1 Å². The molecule has 1 aromatic carbocycles. The molecule has 0 amide bonds. The predicted octanol–water partition coefficient (Wildman–Crippen LogP) is 9.27. The topological polar surface area (TPSA) is 12.0 Å². The maximum Gasteiger partial charge on any atom is 0.0238 e. The summed E-state index contributed by atoms with van der Waals surface area (Å²) in [5, 5.41) is 3.76. The molecule has 3 rings (SSSR count). The highest BCUT2D eigenvalue weighted by molar-refractivity contribution is 5.74. The van der Waals surface area contributed by atoms with Crippen molar-refractivity contribution >= 4 is 5.57 Å². The number of nitrogens with one attached hydrogen (secondary N) is 1. The van der Waals surface area contributed by atoms with Crippen molar-refractivity contribution < 1.29 is 0 Å². The number of unbranched alkanes of at least 4 members (excludes halogenated alkanes) is 2. The van der Waals surface area contributed by atoms with Crippen molar-refractivity contribution in [1.82, 2.24) is 5.32 Å². The van der Waals surface area contributed by atoms with Gasteiger partial charge in [-0.15, -0.1) is 0 Å². The molecule has 0 heterocycles. The second-order valence-electron chi connectivity index (χ2n) is 9.46. The van der Waals surface area contributed by atoms with Gasteiger partial charge in [-0.2, -0.15) is 0 Å². The van der Waals surface area contributed by atoms with Crippen LogP contribution in [-0.4, -0.2) is 12.6 Å². The van der Waals surface area contributed by atoms with E-state index in [0.717, 1.165) is 11.8 Å². The third kappa shape index (κ3) is 7.98. The lowest BCUT2D eigenvalue weighted by atomic mass is 9.77. The molecule has 0 aromatic heterocycles. The second-order valence-corrected chi connectivity index (χ2v) is 9.46. The molecule has 2 aliphatic carbocycles. The van der Waals surface area contributed by atoms with Gasteiger partial charge in [0.1, 0.15) is 0 Å². The molecule has 3 atom stereocenters. The molecule has 1 fully saturated rings. The minimum absolute atomic E-state index is 0.342. The van der Waals surface area contributed by atoms with Crippen LogP contribution in [0.3, 0.4) is 0 Å². The standard InChI is InChI=1S/C24H33N.C5H12.C4H6/c1-5-8-9-10-18(6-2)19-11-12-20-16-22-13-14-23(17-21(20)15-19)24(22,7-3)25-4;1-3-5-4-2;1-3-4-2/h5-6,8-12,15,22-23,25H,7,13-14,16-17H2,1-4H3;3-5H2,1-2H3;3-4H,1-2H2/b8-5?,10-9-,18-6+;;/t22-,23+,24+;;/m0../s1. The molecule has 2 bridgehead atoms. The molecule has 1 N–H and O–H groups in total. The normalized spacial score (nSPS) is 23.4. The van der Waals surface area contributed by atoms with Gasteiger partial charge in [0.05, 0.1) is 0 Å². The summed E-state index contributed by atoms with van der Waals surface area (Å²) >= 11 is 0. The minimum Gasteiger partial charge on any atom is -0.314 e. The molecular weight excluding hydrogens is 410 g/mol. The summed E-state index contributed by atoms with van der Waals surface area (Å²) in [5.74, 6) is 1.56. The molecule has 1 heteroatoms. The third-order valence-corrected chi connectivity index (χ3v) is 7.61. The second kappa shape index (κ2) is 16.5. The van der Waals surface area contributed by atoms with Gasteiger partial charge >= 0.3 is 0 Å². The lowest BCUT2D eigenvalue weighted by Gasteiger charge is -2.38. The number of benzene rings is 1. The molecule has 1 aromatic rings. The average molecular weight is 462 g/mol. The van der Waals surface area contributed by atoms with Crippen molar-refractivity contribution in [3.8, 4) is 0 Å². The summed E-state index contributed by atoms with van der Waals surface area (Å²) in [5.41, 5.74) is 6.17. The SMILES string of the molecule is C=CC=C.CC=C/C=C\C(=C/C)c1ccc2c(c1)C[C@H]1CC[C@@H](C2)[C@@]1(CC)NC.CCCCC. The summed E-state index contributed by atoms with van der Waals surface area (Å²) in [7, 11) is 2.18. The fraction of sp³-hybridized carbons (Fsp3) is 0.515. The van der Waals surface area contributed by atoms with Gasteiger partial charge in [0.25, 0.3) is 0 Å². The largest absolute Gasteiger partial charge is 0.314 e. The Morgan fingerprint density at radius 2 is 1.59 bits per heavy atom. The van der Waals surface area contributed by atoms with Crippen molar-refractivity contribution in [2.24, 2.45) is 11.8 Å². The fourth-order valence-corrected chi connectivity index (χ4v) is 5.69. The molecule has 0 radical (unpaired) electrons. The molecule has 1 saturated carbocycles. The molecule has 0 spiro atoms. The van der Waals surface area contributed by atoms with E-state index in [-0.39, 0.29) is 0 Å². The highest BCUT2D eigenvalue weighted by Gasteiger charge is 2.49. The van der Waals surface area contributed by atoms with Crippen molar-refractivity contribution in [2.75, 3.05) is 7.05 Å². The smallest absolute Gasteiger partial charge is 0.0238 e. The van der Waals surface area contributed by atoms with E-state index in [1.54, 1.807) is 23.3 Å². The van der Waals surface area contributed by atoms with Crippen molar-refractivity contribution in [2.45, 2.75) is 91.5 Å². The number of fused-ring (bicyclic) bond motifs is 3. The van der Waals surface area contributed by atoms with Gasteiger partial charge in [0.2, 0.25) is 0 Å². The van der Waals surface area contributed by atoms with E-state index in [4.69, 9.17) is 0 Å². The maximum atomic E-state index is 3.76. The van der Waals surface area contributed by atoms with E-state index in [0.29, 0.717) is 5.54 Å². The van der Waals surface area contributed by atoms with E-state index in [1.165, 1.54) is 62.5 Å². The lowest BCUT2D eigenvalue weighted by Crippen LogP contribution is -2.51. The first-order valence-electron chi connectivity index (χ1n) is 13.5. The zero-order valence-corrected chi connectivity index (χ0v) is 23.0.